The smallest absolute Gasteiger partial charge is 0.161 e. The third-order valence-corrected chi connectivity index (χ3v) is 2.68. The van der Waals surface area contributed by atoms with Gasteiger partial charge < -0.3 is 20.6 Å². The van der Waals surface area contributed by atoms with Crippen LogP contribution in [0.25, 0.3) is 0 Å². The molecule has 1 atom stereocenters. The third-order valence-electron chi connectivity index (χ3n) is 2.68. The van der Waals surface area contributed by atoms with Crippen LogP contribution in [-0.4, -0.2) is 27.5 Å². The molecule has 16 heavy (non-hydrogen) atoms. The largest absolute Gasteiger partial charge is 0.504 e. The Morgan fingerprint density at radius 1 is 1.31 bits per heavy atom. The molecule has 90 valence electrons. The first kappa shape index (κ1) is 12.8. The van der Waals surface area contributed by atoms with Gasteiger partial charge in [0.25, 0.3) is 0 Å². The van der Waals surface area contributed by atoms with E-state index in [1.165, 1.54) is 6.07 Å². The van der Waals surface area contributed by atoms with Crippen molar-refractivity contribution < 1.29 is 15.3 Å². The van der Waals surface area contributed by atoms with Crippen molar-refractivity contribution >= 4 is 0 Å². The molecule has 1 unspecified atom stereocenters. The van der Waals surface area contributed by atoms with Gasteiger partial charge in [0.05, 0.1) is 5.60 Å². The van der Waals surface area contributed by atoms with Crippen LogP contribution in [0.5, 0.6) is 11.5 Å². The van der Waals surface area contributed by atoms with Crippen molar-refractivity contribution in [1.29, 1.82) is 0 Å². The molecular weight excluding hydrogens is 206 g/mol. The van der Waals surface area contributed by atoms with E-state index < -0.39 is 5.60 Å². The Bertz CT molecular complexity index is 350. The highest BCUT2D eigenvalue weighted by atomic mass is 16.3. The van der Waals surface area contributed by atoms with E-state index in [-0.39, 0.29) is 11.5 Å². The van der Waals surface area contributed by atoms with Crippen LogP contribution in [0.2, 0.25) is 0 Å². The molecule has 4 N–H and O–H groups in total. The van der Waals surface area contributed by atoms with E-state index in [1.54, 1.807) is 19.1 Å². The Morgan fingerprint density at radius 2 is 2.00 bits per heavy atom. The Morgan fingerprint density at radius 3 is 2.62 bits per heavy atom. The summed E-state index contributed by atoms with van der Waals surface area (Å²) in [6.07, 6.45) is 0.659. The minimum absolute atomic E-state index is 0.105. The lowest BCUT2D eigenvalue weighted by Gasteiger charge is -2.21. The molecule has 0 aliphatic heterocycles. The first-order valence-electron chi connectivity index (χ1n) is 5.39. The lowest BCUT2D eigenvalue weighted by Crippen LogP contribution is -2.36. The van der Waals surface area contributed by atoms with E-state index in [2.05, 4.69) is 5.32 Å². The standard InChI is InChI=1S/C12H19NO3/c1-3-12(2,16)8-13-7-9-5-4-6-10(14)11(9)15/h4-6,13-16H,3,7-8H2,1-2H3. The average molecular weight is 225 g/mol. The zero-order valence-electron chi connectivity index (χ0n) is 9.70. The van der Waals surface area contributed by atoms with Gasteiger partial charge in [-0.05, 0) is 19.4 Å². The van der Waals surface area contributed by atoms with Crippen LogP contribution in [0.4, 0.5) is 0 Å². The summed E-state index contributed by atoms with van der Waals surface area (Å²) in [6.45, 7) is 4.52. The predicted octanol–water partition coefficient (Wildman–Crippen LogP) is 1.35. The van der Waals surface area contributed by atoms with Gasteiger partial charge in [0.2, 0.25) is 0 Å². The molecule has 1 rings (SSSR count). The first-order valence-corrected chi connectivity index (χ1v) is 5.39. The van der Waals surface area contributed by atoms with E-state index >= 15 is 0 Å². The molecule has 0 aromatic heterocycles. The van der Waals surface area contributed by atoms with E-state index in [1.807, 2.05) is 6.92 Å². The summed E-state index contributed by atoms with van der Waals surface area (Å²) in [4.78, 5) is 0. The predicted molar refractivity (Wildman–Crippen MR) is 62.4 cm³/mol. The molecule has 0 fully saturated rings. The molecule has 0 bridgehead atoms. The Balaban J connectivity index is 2.53. The number of aromatic hydroxyl groups is 2. The molecule has 1 aromatic rings. The van der Waals surface area contributed by atoms with E-state index in [9.17, 15) is 15.3 Å². The van der Waals surface area contributed by atoms with Crippen LogP contribution in [0.3, 0.4) is 0 Å². The van der Waals surface area contributed by atoms with Crippen molar-refractivity contribution in [3.05, 3.63) is 23.8 Å². The number of benzene rings is 1. The molecular formula is C12H19NO3. The molecule has 0 spiro atoms. The maximum Gasteiger partial charge on any atom is 0.161 e. The summed E-state index contributed by atoms with van der Waals surface area (Å²) < 4.78 is 0. The second kappa shape index (κ2) is 5.18. The SMILES string of the molecule is CCC(C)(O)CNCc1cccc(O)c1O. The van der Waals surface area contributed by atoms with Crippen LogP contribution in [0.15, 0.2) is 18.2 Å². The number of aliphatic hydroxyl groups is 1. The second-order valence-electron chi connectivity index (χ2n) is 4.24. The molecule has 0 aliphatic carbocycles. The Hall–Kier alpha value is -1.26. The molecule has 4 heteroatoms. The highest BCUT2D eigenvalue weighted by molar-refractivity contribution is 5.44. The zero-order valence-corrected chi connectivity index (χ0v) is 9.70. The number of para-hydroxylation sites is 1. The summed E-state index contributed by atoms with van der Waals surface area (Å²) in [5.74, 6) is -0.229. The number of hydrogen-bond donors (Lipinski definition) is 4. The summed E-state index contributed by atoms with van der Waals surface area (Å²) >= 11 is 0. The van der Waals surface area contributed by atoms with Gasteiger partial charge in [-0.25, -0.2) is 0 Å². The monoisotopic (exact) mass is 225 g/mol. The van der Waals surface area contributed by atoms with E-state index in [0.717, 1.165) is 0 Å². The van der Waals surface area contributed by atoms with Crippen molar-refractivity contribution in [2.24, 2.45) is 0 Å². The molecule has 0 amide bonds. The maximum atomic E-state index is 9.75. The Kier molecular flexibility index (Phi) is 4.15. The van der Waals surface area contributed by atoms with Crippen LogP contribution in [-0.2, 0) is 6.54 Å². The quantitative estimate of drug-likeness (QED) is 0.571. The normalized spacial score (nSPS) is 14.7. The number of nitrogens with one attached hydrogen (secondary N) is 1. The minimum Gasteiger partial charge on any atom is -0.504 e. The highest BCUT2D eigenvalue weighted by Gasteiger charge is 2.16. The highest BCUT2D eigenvalue weighted by Crippen LogP contribution is 2.27. The molecule has 0 heterocycles. The van der Waals surface area contributed by atoms with E-state index in [0.29, 0.717) is 25.1 Å². The zero-order chi connectivity index (χ0) is 12.2. The summed E-state index contributed by atoms with van der Waals surface area (Å²) in [6, 6.07) is 4.83. The maximum absolute atomic E-state index is 9.75. The van der Waals surface area contributed by atoms with Crippen LogP contribution >= 0.6 is 0 Å². The molecule has 4 nitrogen and oxygen atoms in total. The topological polar surface area (TPSA) is 72.7 Å². The summed E-state index contributed by atoms with van der Waals surface area (Å²) in [5, 5.41) is 31.6. The van der Waals surface area contributed by atoms with Crippen LogP contribution in [0, 0.1) is 0 Å². The molecule has 1 aromatic carbocycles. The lowest BCUT2D eigenvalue weighted by atomic mass is 10.0. The fourth-order valence-electron chi connectivity index (χ4n) is 1.31. The first-order chi connectivity index (χ1) is 7.46. The van der Waals surface area contributed by atoms with Gasteiger partial charge in [-0.3, -0.25) is 0 Å². The number of phenols is 2. The van der Waals surface area contributed by atoms with Gasteiger partial charge >= 0.3 is 0 Å². The molecule has 0 radical (unpaired) electrons. The van der Waals surface area contributed by atoms with E-state index in [4.69, 9.17) is 0 Å². The molecule has 0 aliphatic rings. The summed E-state index contributed by atoms with van der Waals surface area (Å²) in [5.41, 5.74) is -0.126. The van der Waals surface area contributed by atoms with Gasteiger partial charge in [-0.2, -0.15) is 0 Å². The van der Waals surface area contributed by atoms with Crippen molar-refractivity contribution in [1.82, 2.24) is 5.32 Å². The van der Waals surface area contributed by atoms with Crippen molar-refractivity contribution in [2.45, 2.75) is 32.4 Å². The van der Waals surface area contributed by atoms with Gasteiger partial charge in [-0.15, -0.1) is 0 Å². The van der Waals surface area contributed by atoms with Crippen molar-refractivity contribution in [2.75, 3.05) is 6.54 Å². The van der Waals surface area contributed by atoms with Crippen molar-refractivity contribution in [3.8, 4) is 11.5 Å². The van der Waals surface area contributed by atoms with Gasteiger partial charge in [-0.1, -0.05) is 19.1 Å². The van der Waals surface area contributed by atoms with Crippen LogP contribution < -0.4 is 5.32 Å². The van der Waals surface area contributed by atoms with Crippen LogP contribution in [0.1, 0.15) is 25.8 Å². The second-order valence-corrected chi connectivity index (χ2v) is 4.24. The Labute approximate surface area is 95.6 Å². The lowest BCUT2D eigenvalue weighted by molar-refractivity contribution is 0.0555. The molecule has 0 saturated heterocycles. The summed E-state index contributed by atoms with van der Waals surface area (Å²) in [7, 11) is 0. The number of phenolic OH excluding ortho intramolecular Hbond substituents is 2. The fourth-order valence-corrected chi connectivity index (χ4v) is 1.31. The fraction of sp³-hybridized carbons (Fsp3) is 0.500. The van der Waals surface area contributed by atoms with Crippen molar-refractivity contribution in [3.63, 3.8) is 0 Å². The number of rotatable bonds is 5. The molecule has 0 saturated carbocycles. The van der Waals surface area contributed by atoms with Gasteiger partial charge in [0, 0.05) is 18.7 Å². The van der Waals surface area contributed by atoms with Gasteiger partial charge in [0.15, 0.2) is 11.5 Å². The third kappa shape index (κ3) is 3.40. The average Bonchev–Trinajstić information content (AvgIpc) is 2.24. The number of hydrogen-bond acceptors (Lipinski definition) is 4. The van der Waals surface area contributed by atoms with Gasteiger partial charge in [0.1, 0.15) is 0 Å². The minimum atomic E-state index is -0.744.